The topological polar surface area (TPSA) is 58.9 Å². The Labute approximate surface area is 144 Å². The van der Waals surface area contributed by atoms with Gasteiger partial charge in [0, 0.05) is 29.6 Å². The van der Waals surface area contributed by atoms with Crippen LogP contribution in [-0.2, 0) is 0 Å². The standard InChI is InChI=1S/C18H19N3O.C2H6/c1-5-15(14-8-10-20-11-9-14)17-13(4)6-7-16(21-17)22-18(19)12(2)3;1-2/h5-11,19H,2H2,1,3-4H3;1-2H3/b15-5-,19-18?;. The second kappa shape index (κ2) is 9.40. The Morgan fingerprint density at radius 3 is 2.33 bits per heavy atom. The summed E-state index contributed by atoms with van der Waals surface area (Å²) < 4.78 is 5.44. The predicted molar refractivity (Wildman–Crippen MR) is 100 cm³/mol. The summed E-state index contributed by atoms with van der Waals surface area (Å²) in [7, 11) is 0. The van der Waals surface area contributed by atoms with Crippen LogP contribution < -0.4 is 4.74 Å². The van der Waals surface area contributed by atoms with Crippen molar-refractivity contribution in [1.29, 1.82) is 5.41 Å². The molecular weight excluding hydrogens is 298 g/mol. The molecule has 0 bridgehead atoms. The molecule has 0 fully saturated rings. The molecule has 2 aromatic rings. The van der Waals surface area contributed by atoms with Crippen molar-refractivity contribution in [3.8, 4) is 5.88 Å². The number of rotatable bonds is 4. The van der Waals surface area contributed by atoms with Crippen LogP contribution in [0.1, 0.15) is 44.5 Å². The molecule has 0 saturated heterocycles. The monoisotopic (exact) mass is 323 g/mol. The van der Waals surface area contributed by atoms with E-state index in [-0.39, 0.29) is 5.90 Å². The quantitative estimate of drug-likeness (QED) is 0.622. The third-order valence-corrected chi connectivity index (χ3v) is 3.20. The van der Waals surface area contributed by atoms with Crippen LogP contribution in [0.3, 0.4) is 0 Å². The first-order valence-electron chi connectivity index (χ1n) is 8.00. The minimum Gasteiger partial charge on any atom is -0.421 e. The molecule has 0 unspecified atom stereocenters. The highest BCUT2D eigenvalue weighted by Gasteiger charge is 2.11. The predicted octanol–water partition coefficient (Wildman–Crippen LogP) is 5.19. The fraction of sp³-hybridized carbons (Fsp3) is 0.250. The summed E-state index contributed by atoms with van der Waals surface area (Å²) in [6.07, 6.45) is 5.52. The normalized spacial score (nSPS) is 10.5. The number of nitrogens with one attached hydrogen (secondary N) is 1. The summed E-state index contributed by atoms with van der Waals surface area (Å²) in [6, 6.07) is 7.59. The van der Waals surface area contributed by atoms with Gasteiger partial charge in [-0.25, -0.2) is 4.98 Å². The molecule has 0 saturated carbocycles. The highest BCUT2D eigenvalue weighted by molar-refractivity contribution is 5.91. The number of hydrogen-bond acceptors (Lipinski definition) is 4. The van der Waals surface area contributed by atoms with Gasteiger partial charge >= 0.3 is 0 Å². The molecule has 2 aromatic heterocycles. The lowest BCUT2D eigenvalue weighted by Crippen LogP contribution is -2.09. The van der Waals surface area contributed by atoms with Gasteiger partial charge in [0.05, 0.1) is 5.69 Å². The molecule has 0 atom stereocenters. The van der Waals surface area contributed by atoms with E-state index >= 15 is 0 Å². The molecule has 0 aliphatic rings. The summed E-state index contributed by atoms with van der Waals surface area (Å²) in [6.45, 7) is 13.4. The van der Waals surface area contributed by atoms with E-state index in [9.17, 15) is 0 Å². The van der Waals surface area contributed by atoms with E-state index in [1.165, 1.54) is 0 Å². The van der Waals surface area contributed by atoms with E-state index < -0.39 is 0 Å². The molecule has 2 heterocycles. The van der Waals surface area contributed by atoms with Crippen molar-refractivity contribution in [2.75, 3.05) is 0 Å². The van der Waals surface area contributed by atoms with Crippen LogP contribution in [0.25, 0.3) is 5.57 Å². The Bertz CT molecular complexity index is 734. The van der Waals surface area contributed by atoms with Gasteiger partial charge in [-0.05, 0) is 44.0 Å². The average molecular weight is 323 g/mol. The van der Waals surface area contributed by atoms with Crippen LogP contribution in [0, 0.1) is 12.3 Å². The van der Waals surface area contributed by atoms with Gasteiger partial charge in [-0.2, -0.15) is 0 Å². The van der Waals surface area contributed by atoms with E-state index in [0.717, 1.165) is 22.4 Å². The zero-order chi connectivity index (χ0) is 18.1. The van der Waals surface area contributed by atoms with Crippen LogP contribution in [-0.4, -0.2) is 15.9 Å². The molecule has 4 nitrogen and oxygen atoms in total. The maximum absolute atomic E-state index is 7.74. The van der Waals surface area contributed by atoms with Gasteiger partial charge in [0.15, 0.2) is 0 Å². The van der Waals surface area contributed by atoms with Crippen molar-refractivity contribution in [3.05, 3.63) is 71.7 Å². The molecule has 126 valence electrons. The number of pyridine rings is 2. The first-order chi connectivity index (χ1) is 11.5. The van der Waals surface area contributed by atoms with Crippen molar-refractivity contribution in [2.45, 2.75) is 34.6 Å². The fourth-order valence-corrected chi connectivity index (χ4v) is 2.00. The van der Waals surface area contributed by atoms with Crippen LogP contribution in [0.4, 0.5) is 0 Å². The number of aryl methyl sites for hydroxylation is 1. The van der Waals surface area contributed by atoms with Crippen LogP contribution in [0.5, 0.6) is 5.88 Å². The van der Waals surface area contributed by atoms with Crippen molar-refractivity contribution in [2.24, 2.45) is 0 Å². The summed E-state index contributed by atoms with van der Waals surface area (Å²) in [4.78, 5) is 8.59. The largest absolute Gasteiger partial charge is 0.421 e. The molecule has 0 aliphatic carbocycles. The zero-order valence-corrected chi connectivity index (χ0v) is 15.1. The third kappa shape index (κ3) is 4.88. The van der Waals surface area contributed by atoms with Gasteiger partial charge in [-0.3, -0.25) is 10.4 Å². The molecule has 4 heteroatoms. The van der Waals surface area contributed by atoms with Crippen molar-refractivity contribution in [3.63, 3.8) is 0 Å². The maximum Gasteiger partial charge on any atom is 0.221 e. The molecular formula is C20H25N3O. The summed E-state index contributed by atoms with van der Waals surface area (Å²) in [5, 5.41) is 7.74. The van der Waals surface area contributed by atoms with Crippen LogP contribution >= 0.6 is 0 Å². The minimum atomic E-state index is 0.0215. The van der Waals surface area contributed by atoms with E-state index in [0.29, 0.717) is 11.5 Å². The Balaban J connectivity index is 0.00000139. The van der Waals surface area contributed by atoms with Crippen molar-refractivity contribution < 1.29 is 4.74 Å². The molecule has 0 amide bonds. The van der Waals surface area contributed by atoms with Gasteiger partial charge < -0.3 is 4.74 Å². The van der Waals surface area contributed by atoms with Crippen molar-refractivity contribution in [1.82, 2.24) is 9.97 Å². The van der Waals surface area contributed by atoms with Gasteiger partial charge in [0.25, 0.3) is 0 Å². The second-order valence-corrected chi connectivity index (χ2v) is 4.96. The van der Waals surface area contributed by atoms with Gasteiger partial charge in [0.2, 0.25) is 11.8 Å². The van der Waals surface area contributed by atoms with E-state index in [1.807, 2.05) is 52.0 Å². The Hall–Kier alpha value is -2.75. The molecule has 2 rings (SSSR count). The van der Waals surface area contributed by atoms with Crippen LogP contribution in [0.15, 0.2) is 54.9 Å². The number of nitrogens with zero attached hydrogens (tertiary/aromatic N) is 2. The fourth-order valence-electron chi connectivity index (χ4n) is 2.00. The third-order valence-electron chi connectivity index (χ3n) is 3.20. The Morgan fingerprint density at radius 1 is 1.17 bits per heavy atom. The van der Waals surface area contributed by atoms with E-state index in [2.05, 4.69) is 16.5 Å². The Kier molecular flexibility index (Phi) is 7.56. The lowest BCUT2D eigenvalue weighted by Gasteiger charge is -2.12. The number of aromatic nitrogens is 2. The first kappa shape index (κ1) is 19.3. The van der Waals surface area contributed by atoms with Gasteiger partial charge in [0.1, 0.15) is 0 Å². The summed E-state index contributed by atoms with van der Waals surface area (Å²) >= 11 is 0. The molecule has 24 heavy (non-hydrogen) atoms. The lowest BCUT2D eigenvalue weighted by molar-refractivity contribution is 0.522. The molecule has 0 aromatic carbocycles. The Morgan fingerprint density at radius 2 is 1.79 bits per heavy atom. The van der Waals surface area contributed by atoms with Gasteiger partial charge in [-0.1, -0.05) is 32.6 Å². The number of hydrogen-bond donors (Lipinski definition) is 1. The van der Waals surface area contributed by atoms with E-state index in [1.54, 1.807) is 25.4 Å². The number of allylic oxidation sites excluding steroid dienone is 1. The SMILES string of the molecule is C=C(C)C(=N)Oc1ccc(C)c(/C(=C\C)c2ccncc2)n1.CC. The molecule has 0 spiro atoms. The first-order valence-corrected chi connectivity index (χ1v) is 8.00. The second-order valence-electron chi connectivity index (χ2n) is 4.96. The van der Waals surface area contributed by atoms with Gasteiger partial charge in [-0.15, -0.1) is 0 Å². The number of ether oxygens (including phenoxy) is 1. The lowest BCUT2D eigenvalue weighted by atomic mass is 10.00. The summed E-state index contributed by atoms with van der Waals surface area (Å²) in [5.41, 5.74) is 4.48. The average Bonchev–Trinajstić information content (AvgIpc) is 2.61. The van der Waals surface area contributed by atoms with Crippen molar-refractivity contribution >= 4 is 11.5 Å². The van der Waals surface area contributed by atoms with Crippen LogP contribution in [0.2, 0.25) is 0 Å². The zero-order valence-electron chi connectivity index (χ0n) is 15.1. The smallest absolute Gasteiger partial charge is 0.221 e. The van der Waals surface area contributed by atoms with E-state index in [4.69, 9.17) is 10.1 Å². The summed E-state index contributed by atoms with van der Waals surface area (Å²) in [5.74, 6) is 0.412. The highest BCUT2D eigenvalue weighted by Crippen LogP contribution is 2.26. The maximum atomic E-state index is 7.74. The highest BCUT2D eigenvalue weighted by atomic mass is 16.5. The molecule has 0 aliphatic heterocycles. The minimum absolute atomic E-state index is 0.0215. The molecule has 1 N–H and O–H groups in total. The molecule has 0 radical (unpaired) electrons.